The van der Waals surface area contributed by atoms with Crippen LogP contribution in [0.4, 0.5) is 5.69 Å². The Balaban J connectivity index is 1.89. The molecule has 3 aromatic carbocycles. The summed E-state index contributed by atoms with van der Waals surface area (Å²) in [5.41, 5.74) is 3.32. The van der Waals surface area contributed by atoms with Crippen molar-refractivity contribution in [2.75, 3.05) is 11.5 Å². The lowest BCUT2D eigenvalue weighted by atomic mass is 9.94. The second kappa shape index (κ2) is 9.66. The molecule has 1 heterocycles. The number of anilines is 1. The topological polar surface area (TPSA) is 87.1 Å². The Morgan fingerprint density at radius 2 is 1.71 bits per heavy atom. The fraction of sp³-hybridized carbons (Fsp3) is 0.241. The molecule has 0 radical (unpaired) electrons. The molecule has 1 fully saturated rings. The number of amides is 1. The van der Waals surface area contributed by atoms with Gasteiger partial charge in [-0.05, 0) is 66.8 Å². The van der Waals surface area contributed by atoms with Gasteiger partial charge in [-0.1, -0.05) is 50.2 Å². The average Bonchev–Trinajstić information content (AvgIpc) is 3.10. The first-order valence-corrected chi connectivity index (χ1v) is 11.6. The molecule has 4 rings (SSSR count). The number of benzene rings is 3. The van der Waals surface area contributed by atoms with Crippen molar-refractivity contribution in [3.63, 3.8) is 0 Å². The van der Waals surface area contributed by atoms with Gasteiger partial charge in [-0.3, -0.25) is 14.5 Å². The number of ketones is 1. The summed E-state index contributed by atoms with van der Waals surface area (Å²) in [6.45, 7) is 8.37. The standard InChI is InChI=1S/C29H29NO5/c1-17(2)16-35-23-7-5-6-21(15-23)27(32)25-26(20-10-12-22(31)13-11-20)30(29(34)28(25)33)24-14-18(3)8-9-19(24)4/h5-15,17,26,31-32H,16H2,1-4H3/b27-25+. The molecule has 3 aromatic rings. The predicted molar refractivity (Wildman–Crippen MR) is 136 cm³/mol. The molecule has 6 heteroatoms. The molecular weight excluding hydrogens is 442 g/mol. The molecule has 0 saturated carbocycles. The van der Waals surface area contributed by atoms with Crippen molar-refractivity contribution in [3.05, 3.63) is 94.6 Å². The summed E-state index contributed by atoms with van der Waals surface area (Å²) in [6.07, 6.45) is 0. The van der Waals surface area contributed by atoms with E-state index in [2.05, 4.69) is 0 Å². The van der Waals surface area contributed by atoms with Gasteiger partial charge in [-0.2, -0.15) is 0 Å². The van der Waals surface area contributed by atoms with Gasteiger partial charge in [0.1, 0.15) is 17.3 Å². The predicted octanol–water partition coefficient (Wildman–Crippen LogP) is 5.67. The SMILES string of the molecule is Cc1ccc(C)c(N2C(=O)C(=O)/C(=C(/O)c3cccc(OCC(C)C)c3)C2c2ccc(O)cc2)c1. The number of rotatable bonds is 6. The monoisotopic (exact) mass is 471 g/mol. The van der Waals surface area contributed by atoms with Crippen molar-refractivity contribution in [2.24, 2.45) is 5.92 Å². The average molecular weight is 472 g/mol. The maximum atomic E-state index is 13.4. The van der Waals surface area contributed by atoms with E-state index in [1.165, 1.54) is 17.0 Å². The van der Waals surface area contributed by atoms with Crippen LogP contribution in [-0.4, -0.2) is 28.5 Å². The number of Topliss-reactive ketones (excluding diaryl/α,β-unsaturated/α-hetero) is 1. The van der Waals surface area contributed by atoms with Gasteiger partial charge < -0.3 is 14.9 Å². The van der Waals surface area contributed by atoms with Gasteiger partial charge in [0, 0.05) is 11.3 Å². The fourth-order valence-corrected chi connectivity index (χ4v) is 4.18. The summed E-state index contributed by atoms with van der Waals surface area (Å²) in [7, 11) is 0. The smallest absolute Gasteiger partial charge is 0.300 e. The van der Waals surface area contributed by atoms with Crippen LogP contribution >= 0.6 is 0 Å². The highest BCUT2D eigenvalue weighted by Gasteiger charge is 2.47. The first kappa shape index (κ1) is 24.1. The number of ether oxygens (including phenoxy) is 1. The highest BCUT2D eigenvalue weighted by molar-refractivity contribution is 6.51. The number of aliphatic hydroxyl groups is 1. The Labute approximate surface area is 205 Å². The molecule has 35 heavy (non-hydrogen) atoms. The van der Waals surface area contributed by atoms with Gasteiger partial charge in [-0.15, -0.1) is 0 Å². The zero-order chi connectivity index (χ0) is 25.3. The normalized spacial score (nSPS) is 17.3. The van der Waals surface area contributed by atoms with Crippen LogP contribution in [0, 0.1) is 19.8 Å². The number of hydrogen-bond donors (Lipinski definition) is 2. The molecule has 0 spiro atoms. The number of aliphatic hydroxyl groups excluding tert-OH is 1. The van der Waals surface area contributed by atoms with Crippen LogP contribution in [0.5, 0.6) is 11.5 Å². The highest BCUT2D eigenvalue weighted by Crippen LogP contribution is 2.43. The fourth-order valence-electron chi connectivity index (χ4n) is 4.18. The lowest BCUT2D eigenvalue weighted by Gasteiger charge is -2.27. The molecule has 0 aromatic heterocycles. The molecule has 2 N–H and O–H groups in total. The summed E-state index contributed by atoms with van der Waals surface area (Å²) in [5, 5.41) is 21.2. The van der Waals surface area contributed by atoms with Gasteiger partial charge >= 0.3 is 0 Å². The second-order valence-electron chi connectivity index (χ2n) is 9.28. The van der Waals surface area contributed by atoms with E-state index in [1.54, 1.807) is 36.4 Å². The molecule has 6 nitrogen and oxygen atoms in total. The first-order chi connectivity index (χ1) is 16.7. The van der Waals surface area contributed by atoms with Crippen LogP contribution in [0.15, 0.2) is 72.3 Å². The minimum Gasteiger partial charge on any atom is -0.508 e. The molecule has 1 aliphatic rings. The van der Waals surface area contributed by atoms with Gasteiger partial charge in [0.15, 0.2) is 0 Å². The molecule has 1 unspecified atom stereocenters. The molecular formula is C29H29NO5. The molecule has 1 amide bonds. The van der Waals surface area contributed by atoms with Crippen LogP contribution in [0.2, 0.25) is 0 Å². The Hall–Kier alpha value is -4.06. The minimum absolute atomic E-state index is 0.0115. The van der Waals surface area contributed by atoms with Crippen molar-refractivity contribution in [1.29, 1.82) is 0 Å². The molecule has 1 saturated heterocycles. The Kier molecular flexibility index (Phi) is 6.65. The van der Waals surface area contributed by atoms with Crippen molar-refractivity contribution in [1.82, 2.24) is 0 Å². The van der Waals surface area contributed by atoms with E-state index in [-0.39, 0.29) is 17.1 Å². The van der Waals surface area contributed by atoms with Crippen molar-refractivity contribution >= 4 is 23.1 Å². The number of phenolic OH excluding ortho intramolecular Hbond substituents is 1. The summed E-state index contributed by atoms with van der Waals surface area (Å²) >= 11 is 0. The number of carbonyl (C=O) groups is 2. The number of carbonyl (C=O) groups excluding carboxylic acids is 2. The quantitative estimate of drug-likeness (QED) is 0.275. The summed E-state index contributed by atoms with van der Waals surface area (Å²) in [4.78, 5) is 28.2. The van der Waals surface area contributed by atoms with Crippen LogP contribution < -0.4 is 9.64 Å². The zero-order valence-electron chi connectivity index (χ0n) is 20.3. The van der Waals surface area contributed by atoms with Crippen molar-refractivity contribution in [3.8, 4) is 11.5 Å². The molecule has 180 valence electrons. The van der Waals surface area contributed by atoms with Crippen molar-refractivity contribution < 1.29 is 24.5 Å². The van der Waals surface area contributed by atoms with E-state index in [9.17, 15) is 19.8 Å². The van der Waals surface area contributed by atoms with Crippen molar-refractivity contribution in [2.45, 2.75) is 33.7 Å². The summed E-state index contributed by atoms with van der Waals surface area (Å²) < 4.78 is 5.79. The number of hydrogen-bond acceptors (Lipinski definition) is 5. The third-order valence-electron chi connectivity index (χ3n) is 5.97. The summed E-state index contributed by atoms with van der Waals surface area (Å²) in [5.74, 6) is -0.811. The van der Waals surface area contributed by atoms with E-state index in [4.69, 9.17) is 4.74 Å². The molecule has 0 aliphatic carbocycles. The van der Waals surface area contributed by atoms with Gasteiger partial charge in [0.2, 0.25) is 0 Å². The number of aromatic hydroxyl groups is 1. The molecule has 0 bridgehead atoms. The highest BCUT2D eigenvalue weighted by atomic mass is 16.5. The zero-order valence-corrected chi connectivity index (χ0v) is 20.3. The van der Waals surface area contributed by atoms with E-state index in [0.29, 0.717) is 35.1 Å². The van der Waals surface area contributed by atoms with Crippen LogP contribution in [-0.2, 0) is 9.59 Å². The maximum Gasteiger partial charge on any atom is 0.300 e. The van der Waals surface area contributed by atoms with Crippen LogP contribution in [0.3, 0.4) is 0 Å². The minimum atomic E-state index is -0.865. The van der Waals surface area contributed by atoms with E-state index in [0.717, 1.165) is 11.1 Å². The lowest BCUT2D eigenvalue weighted by Crippen LogP contribution is -2.30. The van der Waals surface area contributed by atoms with E-state index < -0.39 is 17.7 Å². The third-order valence-corrected chi connectivity index (χ3v) is 5.97. The lowest BCUT2D eigenvalue weighted by molar-refractivity contribution is -0.132. The Bertz CT molecular complexity index is 1310. The number of nitrogens with zero attached hydrogens (tertiary/aromatic N) is 1. The first-order valence-electron chi connectivity index (χ1n) is 11.6. The number of phenols is 1. The van der Waals surface area contributed by atoms with E-state index >= 15 is 0 Å². The Morgan fingerprint density at radius 3 is 2.40 bits per heavy atom. The number of aryl methyl sites for hydroxylation is 2. The molecule has 1 aliphatic heterocycles. The van der Waals surface area contributed by atoms with Gasteiger partial charge in [0.05, 0.1) is 18.2 Å². The largest absolute Gasteiger partial charge is 0.508 e. The van der Waals surface area contributed by atoms with E-state index in [1.807, 2.05) is 45.9 Å². The maximum absolute atomic E-state index is 13.4. The Morgan fingerprint density at radius 1 is 1.00 bits per heavy atom. The second-order valence-corrected chi connectivity index (χ2v) is 9.28. The molecule has 1 atom stereocenters. The van der Waals surface area contributed by atoms with Crippen LogP contribution in [0.25, 0.3) is 5.76 Å². The van der Waals surface area contributed by atoms with Gasteiger partial charge in [0.25, 0.3) is 11.7 Å². The third kappa shape index (κ3) is 4.78. The summed E-state index contributed by atoms with van der Waals surface area (Å²) in [6, 6.07) is 18.0. The van der Waals surface area contributed by atoms with Gasteiger partial charge in [-0.25, -0.2) is 0 Å². The van der Waals surface area contributed by atoms with Crippen LogP contribution in [0.1, 0.15) is 42.1 Å².